The molecule has 0 aromatic heterocycles. The van der Waals surface area contributed by atoms with Gasteiger partial charge in [-0.1, -0.05) is 0 Å². The van der Waals surface area contributed by atoms with Crippen LogP contribution in [0.15, 0.2) is 0 Å². The molecule has 8 heavy (non-hydrogen) atoms. The molecule has 0 aromatic rings. The minimum atomic E-state index is 0.161. The van der Waals surface area contributed by atoms with E-state index >= 15 is 0 Å². The maximum Gasteiger partial charge on any atom is 0.0641 e. The quantitative estimate of drug-likeness (QED) is 0.538. The summed E-state index contributed by atoms with van der Waals surface area (Å²) in [6.45, 7) is 3.16. The average Bonchev–Trinajstić information content (AvgIpc) is 1.64. The molecule has 1 saturated heterocycles. The monoisotopic (exact) mass is 110 g/mol. The molecule has 2 nitrogen and oxygen atoms in total. The fraction of sp³-hybridized carbons (Fsp3) is 0.833. The summed E-state index contributed by atoms with van der Waals surface area (Å²) in [5.74, 6) is 0. The second-order valence-corrected chi connectivity index (χ2v) is 2.57. The van der Waals surface area contributed by atoms with Gasteiger partial charge in [0, 0.05) is 5.54 Å². The minimum absolute atomic E-state index is 0.161. The first-order valence-electron chi connectivity index (χ1n) is 2.89. The van der Waals surface area contributed by atoms with Gasteiger partial charge in [-0.3, -0.25) is 0 Å². The van der Waals surface area contributed by atoms with Crippen molar-refractivity contribution in [3.8, 4) is 6.07 Å². The first-order valence-corrected chi connectivity index (χ1v) is 2.89. The highest BCUT2D eigenvalue weighted by Crippen LogP contribution is 2.20. The highest BCUT2D eigenvalue weighted by molar-refractivity contribution is 4.98. The predicted octanol–water partition coefficient (Wildman–Crippen LogP) is 0.652. The summed E-state index contributed by atoms with van der Waals surface area (Å²) in [5.41, 5.74) is 0.161. The second-order valence-electron chi connectivity index (χ2n) is 2.57. The Labute approximate surface area is 49.5 Å². The summed E-state index contributed by atoms with van der Waals surface area (Å²) in [6.07, 6.45) is 1.80. The van der Waals surface area contributed by atoms with Gasteiger partial charge >= 0.3 is 0 Å². The standard InChI is InChI=1S/C6H10N2/c1-6(2-4-7)3-5-8-6/h8H,2-3,5H2,1H3. The summed E-state index contributed by atoms with van der Waals surface area (Å²) in [5, 5.41) is 11.5. The second kappa shape index (κ2) is 1.75. The number of nitriles is 1. The number of nitrogens with zero attached hydrogens (tertiary/aromatic N) is 1. The lowest BCUT2D eigenvalue weighted by Gasteiger charge is -2.37. The van der Waals surface area contributed by atoms with E-state index in [0.717, 1.165) is 13.0 Å². The van der Waals surface area contributed by atoms with Gasteiger partial charge in [0.1, 0.15) is 0 Å². The van der Waals surface area contributed by atoms with Crippen LogP contribution in [0.3, 0.4) is 0 Å². The van der Waals surface area contributed by atoms with E-state index in [1.165, 1.54) is 0 Å². The largest absolute Gasteiger partial charge is 0.310 e. The van der Waals surface area contributed by atoms with Crippen LogP contribution < -0.4 is 5.32 Å². The molecule has 1 unspecified atom stereocenters. The summed E-state index contributed by atoms with van der Waals surface area (Å²) in [6, 6.07) is 2.15. The fourth-order valence-corrected chi connectivity index (χ4v) is 0.877. The Balaban J connectivity index is 2.33. The number of rotatable bonds is 1. The molecule has 44 valence electrons. The van der Waals surface area contributed by atoms with Crippen molar-refractivity contribution in [3.05, 3.63) is 0 Å². The third-order valence-electron chi connectivity index (χ3n) is 1.70. The molecule has 1 atom stereocenters. The zero-order valence-electron chi connectivity index (χ0n) is 5.07. The van der Waals surface area contributed by atoms with Crippen molar-refractivity contribution in [1.29, 1.82) is 5.26 Å². The molecule has 1 aliphatic heterocycles. The molecule has 2 heteroatoms. The molecule has 1 N–H and O–H groups in total. The topological polar surface area (TPSA) is 35.8 Å². The van der Waals surface area contributed by atoms with Crippen molar-refractivity contribution in [2.45, 2.75) is 25.3 Å². The van der Waals surface area contributed by atoms with Crippen LogP contribution in [0.2, 0.25) is 0 Å². The Hall–Kier alpha value is -0.550. The molecular weight excluding hydrogens is 100 g/mol. The summed E-state index contributed by atoms with van der Waals surface area (Å²) in [4.78, 5) is 0. The average molecular weight is 110 g/mol. The van der Waals surface area contributed by atoms with E-state index in [1.54, 1.807) is 0 Å². The molecule has 1 heterocycles. The van der Waals surface area contributed by atoms with E-state index in [9.17, 15) is 0 Å². The van der Waals surface area contributed by atoms with Crippen LogP contribution in [0.5, 0.6) is 0 Å². The van der Waals surface area contributed by atoms with Crippen LogP contribution in [-0.4, -0.2) is 12.1 Å². The molecule has 0 spiro atoms. The van der Waals surface area contributed by atoms with Gasteiger partial charge in [0.25, 0.3) is 0 Å². The third kappa shape index (κ3) is 0.823. The van der Waals surface area contributed by atoms with Gasteiger partial charge in [-0.2, -0.15) is 5.26 Å². The Morgan fingerprint density at radius 2 is 2.50 bits per heavy atom. The normalized spacial score (nSPS) is 35.5. The van der Waals surface area contributed by atoms with E-state index in [4.69, 9.17) is 5.26 Å². The van der Waals surface area contributed by atoms with Gasteiger partial charge in [-0.15, -0.1) is 0 Å². The molecule has 0 amide bonds. The first-order chi connectivity index (χ1) is 3.77. The lowest BCUT2D eigenvalue weighted by atomic mass is 9.88. The Morgan fingerprint density at radius 1 is 1.88 bits per heavy atom. The zero-order valence-corrected chi connectivity index (χ0v) is 5.07. The number of hydrogen-bond donors (Lipinski definition) is 1. The van der Waals surface area contributed by atoms with Crippen molar-refractivity contribution < 1.29 is 0 Å². The molecule has 0 radical (unpaired) electrons. The van der Waals surface area contributed by atoms with Gasteiger partial charge in [0.05, 0.1) is 12.5 Å². The van der Waals surface area contributed by atoms with Crippen molar-refractivity contribution in [3.63, 3.8) is 0 Å². The van der Waals surface area contributed by atoms with E-state index < -0.39 is 0 Å². The smallest absolute Gasteiger partial charge is 0.0641 e. The molecule has 1 aliphatic rings. The molecule has 0 aliphatic carbocycles. The van der Waals surface area contributed by atoms with Gasteiger partial charge in [0.2, 0.25) is 0 Å². The van der Waals surface area contributed by atoms with Crippen LogP contribution in [0.1, 0.15) is 19.8 Å². The Kier molecular flexibility index (Phi) is 1.22. The first kappa shape index (κ1) is 5.58. The lowest BCUT2D eigenvalue weighted by Crippen LogP contribution is -2.54. The van der Waals surface area contributed by atoms with Gasteiger partial charge in [0.15, 0.2) is 0 Å². The van der Waals surface area contributed by atoms with Crippen LogP contribution in [0.25, 0.3) is 0 Å². The summed E-state index contributed by atoms with van der Waals surface area (Å²) in [7, 11) is 0. The highest BCUT2D eigenvalue weighted by atomic mass is 15.0. The maximum absolute atomic E-state index is 8.28. The molecule has 0 saturated carbocycles. The molecule has 1 fully saturated rings. The van der Waals surface area contributed by atoms with Gasteiger partial charge in [-0.25, -0.2) is 0 Å². The Bertz CT molecular complexity index is 119. The lowest BCUT2D eigenvalue weighted by molar-refractivity contribution is 0.238. The van der Waals surface area contributed by atoms with Crippen LogP contribution in [0.4, 0.5) is 0 Å². The van der Waals surface area contributed by atoms with E-state index in [2.05, 4.69) is 18.3 Å². The van der Waals surface area contributed by atoms with Gasteiger partial charge < -0.3 is 5.32 Å². The highest BCUT2D eigenvalue weighted by Gasteiger charge is 2.30. The summed E-state index contributed by atoms with van der Waals surface area (Å²) >= 11 is 0. The van der Waals surface area contributed by atoms with E-state index in [0.29, 0.717) is 6.42 Å². The predicted molar refractivity (Wildman–Crippen MR) is 31.3 cm³/mol. The third-order valence-corrected chi connectivity index (χ3v) is 1.70. The number of hydrogen-bond acceptors (Lipinski definition) is 2. The molecule has 0 bridgehead atoms. The maximum atomic E-state index is 8.28. The van der Waals surface area contributed by atoms with Crippen LogP contribution in [0, 0.1) is 11.3 Å². The Morgan fingerprint density at radius 3 is 2.62 bits per heavy atom. The summed E-state index contributed by atoms with van der Waals surface area (Å²) < 4.78 is 0. The van der Waals surface area contributed by atoms with Crippen molar-refractivity contribution in [1.82, 2.24) is 5.32 Å². The van der Waals surface area contributed by atoms with Crippen molar-refractivity contribution in [2.24, 2.45) is 0 Å². The fourth-order valence-electron chi connectivity index (χ4n) is 0.877. The molecular formula is C6H10N2. The van der Waals surface area contributed by atoms with Crippen LogP contribution in [-0.2, 0) is 0 Å². The molecule has 1 rings (SSSR count). The van der Waals surface area contributed by atoms with Gasteiger partial charge in [-0.05, 0) is 19.9 Å². The zero-order chi connectivity index (χ0) is 6.04. The SMILES string of the molecule is CC1(CC#N)CCN1. The van der Waals surface area contributed by atoms with Crippen molar-refractivity contribution >= 4 is 0 Å². The number of nitrogens with one attached hydrogen (secondary N) is 1. The van der Waals surface area contributed by atoms with Crippen molar-refractivity contribution in [2.75, 3.05) is 6.54 Å². The minimum Gasteiger partial charge on any atom is -0.310 e. The molecule has 0 aromatic carbocycles. The van der Waals surface area contributed by atoms with Crippen LogP contribution >= 0.6 is 0 Å². The van der Waals surface area contributed by atoms with E-state index in [-0.39, 0.29) is 5.54 Å². The van der Waals surface area contributed by atoms with E-state index in [1.807, 2.05) is 0 Å².